The van der Waals surface area contributed by atoms with Gasteiger partial charge in [0, 0.05) is 56.3 Å². The minimum Gasteiger partial charge on any atom is -0.481 e. The molecule has 5 heterocycles. The van der Waals surface area contributed by atoms with Crippen molar-refractivity contribution in [3.8, 4) is 17.4 Å². The monoisotopic (exact) mass is 393 g/mol. The highest BCUT2D eigenvalue weighted by molar-refractivity contribution is 5.47. The maximum Gasteiger partial charge on any atom is 0.283 e. The highest BCUT2D eigenvalue weighted by atomic mass is 16.5. The molecular formula is C20H23N7O2. The molecule has 0 N–H and O–H groups in total. The second kappa shape index (κ2) is 6.77. The van der Waals surface area contributed by atoms with Gasteiger partial charge < -0.3 is 9.30 Å². The van der Waals surface area contributed by atoms with Crippen LogP contribution >= 0.6 is 0 Å². The Morgan fingerprint density at radius 3 is 2.83 bits per heavy atom. The van der Waals surface area contributed by atoms with Gasteiger partial charge in [0.1, 0.15) is 5.82 Å². The van der Waals surface area contributed by atoms with Crippen molar-refractivity contribution in [2.24, 2.45) is 7.05 Å². The second-order valence-corrected chi connectivity index (χ2v) is 7.85. The molecule has 3 aromatic rings. The maximum absolute atomic E-state index is 13.1. The van der Waals surface area contributed by atoms with E-state index in [0.29, 0.717) is 23.9 Å². The van der Waals surface area contributed by atoms with Gasteiger partial charge in [-0.2, -0.15) is 0 Å². The molecule has 2 aliphatic rings. The number of nitrogens with zero attached hydrogens (tertiary/aromatic N) is 7. The number of aromatic nitrogens is 6. The molecule has 9 nitrogen and oxygen atoms in total. The molecule has 3 aromatic heterocycles. The number of imidazole rings is 1. The van der Waals surface area contributed by atoms with Crippen LogP contribution in [0.4, 0.5) is 0 Å². The molecule has 9 heteroatoms. The normalized spacial score (nSPS) is 21.0. The molecule has 0 bridgehead atoms. The van der Waals surface area contributed by atoms with Crippen molar-refractivity contribution in [2.75, 3.05) is 20.2 Å². The molecule has 150 valence electrons. The molecule has 0 aromatic carbocycles. The lowest BCUT2D eigenvalue weighted by Gasteiger charge is -2.23. The van der Waals surface area contributed by atoms with Crippen LogP contribution < -0.4 is 10.3 Å². The number of ether oxygens (including phenoxy) is 1. The van der Waals surface area contributed by atoms with Crippen molar-refractivity contribution in [3.05, 3.63) is 52.5 Å². The number of hydrogen-bond acceptors (Lipinski definition) is 7. The van der Waals surface area contributed by atoms with Crippen LogP contribution in [0.5, 0.6) is 5.88 Å². The third kappa shape index (κ3) is 2.84. The third-order valence-electron chi connectivity index (χ3n) is 6.14. The van der Waals surface area contributed by atoms with E-state index in [1.165, 1.54) is 0 Å². The molecule has 1 spiro atoms. The first-order chi connectivity index (χ1) is 14.1. The van der Waals surface area contributed by atoms with Crippen LogP contribution in [0.1, 0.15) is 24.2 Å². The van der Waals surface area contributed by atoms with E-state index in [9.17, 15) is 4.79 Å². The Balaban J connectivity index is 1.43. The van der Waals surface area contributed by atoms with E-state index in [0.717, 1.165) is 43.9 Å². The van der Waals surface area contributed by atoms with Crippen LogP contribution in [0.15, 0.2) is 35.5 Å². The summed E-state index contributed by atoms with van der Waals surface area (Å²) in [5.41, 5.74) is 1.15. The van der Waals surface area contributed by atoms with Gasteiger partial charge in [-0.05, 0) is 25.5 Å². The molecule has 29 heavy (non-hydrogen) atoms. The summed E-state index contributed by atoms with van der Waals surface area (Å²) in [5.74, 6) is 2.02. The number of aryl methyl sites for hydroxylation is 1. The molecule has 0 aliphatic carbocycles. The fourth-order valence-electron chi connectivity index (χ4n) is 4.64. The molecule has 1 saturated heterocycles. The van der Waals surface area contributed by atoms with Gasteiger partial charge in [0.2, 0.25) is 5.88 Å². The second-order valence-electron chi connectivity index (χ2n) is 7.85. The number of rotatable bonds is 4. The van der Waals surface area contributed by atoms with Gasteiger partial charge in [-0.25, -0.2) is 9.97 Å². The molecule has 2 aliphatic heterocycles. The van der Waals surface area contributed by atoms with Crippen molar-refractivity contribution in [1.82, 2.24) is 34.2 Å². The zero-order valence-corrected chi connectivity index (χ0v) is 16.6. The summed E-state index contributed by atoms with van der Waals surface area (Å²) in [6, 6.07) is 3.97. The van der Waals surface area contributed by atoms with E-state index >= 15 is 0 Å². The number of methoxy groups -OCH3 is 1. The Kier molecular flexibility index (Phi) is 4.20. The number of hydrogen-bond donors (Lipinski definition) is 0. The van der Waals surface area contributed by atoms with Gasteiger partial charge in [-0.1, -0.05) is 6.07 Å². The predicted octanol–water partition coefficient (Wildman–Crippen LogP) is 0.990. The minimum absolute atomic E-state index is 0.103. The molecular weight excluding hydrogens is 370 g/mol. The van der Waals surface area contributed by atoms with Gasteiger partial charge in [0.05, 0.1) is 7.11 Å². The summed E-state index contributed by atoms with van der Waals surface area (Å²) in [5, 5.41) is 8.82. The molecule has 0 radical (unpaired) electrons. The molecule has 1 atom stereocenters. The molecule has 0 saturated carbocycles. The van der Waals surface area contributed by atoms with Gasteiger partial charge >= 0.3 is 0 Å². The van der Waals surface area contributed by atoms with Crippen molar-refractivity contribution >= 4 is 0 Å². The van der Waals surface area contributed by atoms with Crippen LogP contribution in [-0.4, -0.2) is 54.4 Å². The van der Waals surface area contributed by atoms with Crippen molar-refractivity contribution < 1.29 is 4.74 Å². The molecule has 0 amide bonds. The van der Waals surface area contributed by atoms with Crippen molar-refractivity contribution in [3.63, 3.8) is 0 Å². The van der Waals surface area contributed by atoms with Gasteiger partial charge in [-0.3, -0.25) is 14.3 Å². The highest BCUT2D eigenvalue weighted by Crippen LogP contribution is 2.41. The Bertz CT molecular complexity index is 1120. The maximum atomic E-state index is 13.1. The summed E-state index contributed by atoms with van der Waals surface area (Å²) in [4.78, 5) is 24.0. The molecule has 5 rings (SSSR count). The average molecular weight is 393 g/mol. The Hall–Kier alpha value is -3.07. The van der Waals surface area contributed by atoms with Gasteiger partial charge in [0.25, 0.3) is 5.56 Å². The van der Waals surface area contributed by atoms with Gasteiger partial charge in [-0.15, -0.1) is 10.2 Å². The topological polar surface area (TPSA) is 91.0 Å². The number of likely N-dealkylation sites (tertiary alicyclic amines) is 1. The Morgan fingerprint density at radius 2 is 2.03 bits per heavy atom. The van der Waals surface area contributed by atoms with Crippen LogP contribution in [-0.2, 0) is 25.6 Å². The van der Waals surface area contributed by atoms with E-state index in [4.69, 9.17) is 4.74 Å². The fraction of sp³-hybridized carbons (Fsp3) is 0.450. The number of fused-ring (bicyclic) bond motifs is 2. The lowest BCUT2D eigenvalue weighted by atomic mass is 9.85. The van der Waals surface area contributed by atoms with Gasteiger partial charge in [0.15, 0.2) is 11.5 Å². The zero-order valence-electron chi connectivity index (χ0n) is 16.6. The minimum atomic E-state index is -0.123. The van der Waals surface area contributed by atoms with Crippen LogP contribution in [0.2, 0.25) is 0 Å². The lowest BCUT2D eigenvalue weighted by molar-refractivity contribution is 0.291. The van der Waals surface area contributed by atoms with E-state index in [1.54, 1.807) is 34.8 Å². The van der Waals surface area contributed by atoms with E-state index in [2.05, 4.69) is 25.1 Å². The first-order valence-electron chi connectivity index (χ1n) is 9.77. The number of pyridine rings is 1. The Morgan fingerprint density at radius 1 is 1.17 bits per heavy atom. The van der Waals surface area contributed by atoms with Crippen molar-refractivity contribution in [2.45, 2.75) is 31.3 Å². The quantitative estimate of drug-likeness (QED) is 0.653. The molecule has 0 unspecified atom stereocenters. The predicted molar refractivity (Wildman–Crippen MR) is 105 cm³/mol. The summed E-state index contributed by atoms with van der Waals surface area (Å²) in [6.45, 7) is 3.23. The Labute approximate surface area is 168 Å². The van der Waals surface area contributed by atoms with E-state index < -0.39 is 0 Å². The summed E-state index contributed by atoms with van der Waals surface area (Å²) in [7, 11) is 3.50. The van der Waals surface area contributed by atoms with Crippen LogP contribution in [0, 0.1) is 0 Å². The SMILES string of the molecule is COc1ncccc1CN1CC[C@@]2(CCn3c2nnc(-c2nccn2C)c3=O)C1. The first kappa shape index (κ1) is 18.0. The standard InChI is InChI=1S/C20H23N7O2/c1-25-11-8-21-16(25)15-18(28)27-10-6-20(19(27)24-23-15)5-9-26(13-20)12-14-4-3-7-22-17(14)29-2/h3-4,7-8,11H,5-6,9-10,12-13H2,1-2H3/t20-/m1/s1. The van der Waals surface area contributed by atoms with Crippen LogP contribution in [0.25, 0.3) is 11.5 Å². The van der Waals surface area contributed by atoms with Crippen molar-refractivity contribution in [1.29, 1.82) is 0 Å². The summed E-state index contributed by atoms with van der Waals surface area (Å²) >= 11 is 0. The van der Waals surface area contributed by atoms with Crippen LogP contribution in [0.3, 0.4) is 0 Å². The molecule has 1 fully saturated rings. The van der Waals surface area contributed by atoms with E-state index in [1.807, 2.05) is 19.2 Å². The van der Waals surface area contributed by atoms with E-state index in [-0.39, 0.29) is 11.0 Å². The third-order valence-corrected chi connectivity index (χ3v) is 6.14. The fourth-order valence-corrected chi connectivity index (χ4v) is 4.64. The first-order valence-corrected chi connectivity index (χ1v) is 9.77. The highest BCUT2D eigenvalue weighted by Gasteiger charge is 2.47. The smallest absolute Gasteiger partial charge is 0.283 e. The summed E-state index contributed by atoms with van der Waals surface area (Å²) in [6.07, 6.45) is 7.07. The summed E-state index contributed by atoms with van der Waals surface area (Å²) < 4.78 is 8.98. The average Bonchev–Trinajstić information content (AvgIpc) is 3.43. The zero-order chi connectivity index (χ0) is 20.0. The lowest BCUT2D eigenvalue weighted by Crippen LogP contribution is -2.33. The largest absolute Gasteiger partial charge is 0.481 e.